The molecule has 0 aliphatic rings. The van der Waals surface area contributed by atoms with Crippen molar-refractivity contribution in [2.75, 3.05) is 30.9 Å². The predicted octanol–water partition coefficient (Wildman–Crippen LogP) is 1.98. The molecule has 0 aliphatic carbocycles. The summed E-state index contributed by atoms with van der Waals surface area (Å²) in [5, 5.41) is 14.1. The molecular formula is C14H21N3O3. The van der Waals surface area contributed by atoms with E-state index >= 15 is 0 Å². The van der Waals surface area contributed by atoms with Gasteiger partial charge in [-0.25, -0.2) is 4.79 Å². The average Bonchev–Trinajstić information content (AvgIpc) is 2.39. The number of amides is 2. The fourth-order valence-electron chi connectivity index (χ4n) is 1.64. The maximum atomic E-state index is 11.6. The Kier molecular flexibility index (Phi) is 5.83. The first-order valence-corrected chi connectivity index (χ1v) is 6.49. The third-order valence-electron chi connectivity index (χ3n) is 2.99. The van der Waals surface area contributed by atoms with E-state index in [0.717, 1.165) is 5.69 Å². The minimum Gasteiger partial charge on any atom is -0.481 e. The van der Waals surface area contributed by atoms with Gasteiger partial charge in [0, 0.05) is 32.0 Å². The smallest absolute Gasteiger partial charge is 0.319 e. The number of hydrogen-bond acceptors (Lipinski definition) is 3. The van der Waals surface area contributed by atoms with Gasteiger partial charge < -0.3 is 20.6 Å². The zero-order chi connectivity index (χ0) is 15.1. The van der Waals surface area contributed by atoms with Gasteiger partial charge in [-0.05, 0) is 30.7 Å². The van der Waals surface area contributed by atoms with Gasteiger partial charge in [-0.1, -0.05) is 6.92 Å². The van der Waals surface area contributed by atoms with Crippen LogP contribution in [0.2, 0.25) is 0 Å². The van der Waals surface area contributed by atoms with E-state index in [1.54, 1.807) is 19.1 Å². The number of aliphatic carboxylic acids is 1. The summed E-state index contributed by atoms with van der Waals surface area (Å²) < 4.78 is 0. The number of urea groups is 1. The number of nitrogens with one attached hydrogen (secondary N) is 2. The van der Waals surface area contributed by atoms with Gasteiger partial charge in [-0.2, -0.15) is 0 Å². The second-order valence-electron chi connectivity index (χ2n) is 4.72. The molecule has 3 N–H and O–H groups in total. The summed E-state index contributed by atoms with van der Waals surface area (Å²) in [6, 6.07) is 6.97. The quantitative estimate of drug-likeness (QED) is 0.743. The number of nitrogens with zero attached hydrogens (tertiary/aromatic N) is 1. The lowest BCUT2D eigenvalue weighted by molar-refractivity contribution is -0.141. The van der Waals surface area contributed by atoms with Gasteiger partial charge in [0.1, 0.15) is 0 Å². The van der Waals surface area contributed by atoms with Crippen LogP contribution in [0.4, 0.5) is 16.2 Å². The molecule has 1 aromatic rings. The summed E-state index contributed by atoms with van der Waals surface area (Å²) in [7, 11) is 3.87. The second kappa shape index (κ2) is 7.37. The summed E-state index contributed by atoms with van der Waals surface area (Å²) in [4.78, 5) is 24.4. The number of benzene rings is 1. The summed E-state index contributed by atoms with van der Waals surface area (Å²) in [6.45, 7) is 1.89. The van der Waals surface area contributed by atoms with Crippen LogP contribution in [0.5, 0.6) is 0 Å². The molecule has 1 aromatic carbocycles. The van der Waals surface area contributed by atoms with Crippen LogP contribution in [0.15, 0.2) is 24.3 Å². The van der Waals surface area contributed by atoms with Crippen molar-refractivity contribution in [3.63, 3.8) is 0 Å². The number of rotatable bonds is 6. The average molecular weight is 279 g/mol. The molecule has 0 fully saturated rings. The number of hydrogen-bond donors (Lipinski definition) is 3. The van der Waals surface area contributed by atoms with Crippen molar-refractivity contribution in [3.05, 3.63) is 24.3 Å². The molecule has 0 heterocycles. The van der Waals surface area contributed by atoms with Crippen LogP contribution in [0, 0.1) is 5.92 Å². The third-order valence-corrected chi connectivity index (χ3v) is 2.99. The van der Waals surface area contributed by atoms with Crippen molar-refractivity contribution in [1.82, 2.24) is 5.32 Å². The van der Waals surface area contributed by atoms with Crippen molar-refractivity contribution in [2.24, 2.45) is 5.92 Å². The maximum Gasteiger partial charge on any atom is 0.319 e. The second-order valence-corrected chi connectivity index (χ2v) is 4.72. The molecule has 0 radical (unpaired) electrons. The zero-order valence-corrected chi connectivity index (χ0v) is 12.0. The van der Waals surface area contributed by atoms with Crippen molar-refractivity contribution in [2.45, 2.75) is 13.3 Å². The molecule has 6 nitrogen and oxygen atoms in total. The molecular weight excluding hydrogens is 258 g/mol. The standard InChI is InChI=1S/C14H21N3O3/c1-4-10(13(18)19)9-15-14(20)16-11-5-7-12(8-6-11)17(2)3/h5-8,10H,4,9H2,1-3H3,(H,18,19)(H2,15,16,20). The molecule has 0 saturated carbocycles. The van der Waals surface area contributed by atoms with Gasteiger partial charge in [0.2, 0.25) is 0 Å². The van der Waals surface area contributed by atoms with Gasteiger partial charge in [0.25, 0.3) is 0 Å². The first-order chi connectivity index (χ1) is 9.43. The Morgan fingerprint density at radius 2 is 1.85 bits per heavy atom. The molecule has 1 atom stereocenters. The molecule has 1 rings (SSSR count). The molecule has 6 heteroatoms. The molecule has 1 unspecified atom stereocenters. The van der Waals surface area contributed by atoms with Crippen LogP contribution in [-0.2, 0) is 4.79 Å². The Morgan fingerprint density at radius 1 is 1.25 bits per heavy atom. The van der Waals surface area contributed by atoms with E-state index in [2.05, 4.69) is 10.6 Å². The van der Waals surface area contributed by atoms with Gasteiger partial charge in [0.15, 0.2) is 0 Å². The van der Waals surface area contributed by atoms with Crippen molar-refractivity contribution >= 4 is 23.4 Å². The van der Waals surface area contributed by atoms with E-state index in [1.807, 2.05) is 31.1 Å². The molecule has 0 bridgehead atoms. The Morgan fingerprint density at radius 3 is 2.30 bits per heavy atom. The first kappa shape index (κ1) is 15.8. The minimum atomic E-state index is -0.900. The van der Waals surface area contributed by atoms with Gasteiger partial charge in [-0.15, -0.1) is 0 Å². The van der Waals surface area contributed by atoms with Crippen LogP contribution in [0.1, 0.15) is 13.3 Å². The van der Waals surface area contributed by atoms with Gasteiger partial charge in [-0.3, -0.25) is 4.79 Å². The number of carboxylic acid groups (broad SMARTS) is 1. The maximum absolute atomic E-state index is 11.6. The van der Waals surface area contributed by atoms with E-state index < -0.39 is 17.9 Å². The van der Waals surface area contributed by atoms with E-state index in [-0.39, 0.29) is 6.54 Å². The lowest BCUT2D eigenvalue weighted by atomic mass is 10.1. The van der Waals surface area contributed by atoms with Crippen molar-refractivity contribution in [1.29, 1.82) is 0 Å². The van der Waals surface area contributed by atoms with E-state index in [9.17, 15) is 9.59 Å². The number of carbonyl (C=O) groups excluding carboxylic acids is 1. The fraction of sp³-hybridized carbons (Fsp3) is 0.429. The highest BCUT2D eigenvalue weighted by Gasteiger charge is 2.15. The normalized spacial score (nSPS) is 11.6. The third kappa shape index (κ3) is 4.79. The fourth-order valence-corrected chi connectivity index (χ4v) is 1.64. The Labute approximate surface area is 118 Å². The van der Waals surface area contributed by atoms with Crippen LogP contribution in [0.3, 0.4) is 0 Å². The van der Waals surface area contributed by atoms with Gasteiger partial charge >= 0.3 is 12.0 Å². The van der Waals surface area contributed by atoms with Gasteiger partial charge in [0.05, 0.1) is 5.92 Å². The molecule has 0 aliphatic heterocycles. The zero-order valence-electron chi connectivity index (χ0n) is 12.0. The summed E-state index contributed by atoms with van der Waals surface area (Å²) in [5.74, 6) is -1.46. The number of anilines is 2. The summed E-state index contributed by atoms with van der Waals surface area (Å²) in [6.07, 6.45) is 0.479. The molecule has 2 amide bonds. The highest BCUT2D eigenvalue weighted by Crippen LogP contribution is 2.15. The van der Waals surface area contributed by atoms with E-state index in [4.69, 9.17) is 5.11 Å². The first-order valence-electron chi connectivity index (χ1n) is 6.49. The van der Waals surface area contributed by atoms with Crippen molar-refractivity contribution in [3.8, 4) is 0 Å². The lowest BCUT2D eigenvalue weighted by Crippen LogP contribution is -2.35. The largest absolute Gasteiger partial charge is 0.481 e. The predicted molar refractivity (Wildman–Crippen MR) is 79.2 cm³/mol. The highest BCUT2D eigenvalue weighted by molar-refractivity contribution is 5.89. The molecule has 0 saturated heterocycles. The molecule has 0 aromatic heterocycles. The summed E-state index contributed by atoms with van der Waals surface area (Å²) >= 11 is 0. The SMILES string of the molecule is CCC(CNC(=O)Nc1ccc(N(C)C)cc1)C(=O)O. The highest BCUT2D eigenvalue weighted by atomic mass is 16.4. The van der Waals surface area contributed by atoms with Crippen molar-refractivity contribution < 1.29 is 14.7 Å². The topological polar surface area (TPSA) is 81.7 Å². The number of carboxylic acids is 1. The molecule has 0 spiro atoms. The lowest BCUT2D eigenvalue weighted by Gasteiger charge is -2.14. The summed E-state index contributed by atoms with van der Waals surface area (Å²) in [5.41, 5.74) is 1.70. The van der Waals surface area contributed by atoms with Crippen LogP contribution < -0.4 is 15.5 Å². The molecule has 20 heavy (non-hydrogen) atoms. The van der Waals surface area contributed by atoms with Crippen LogP contribution >= 0.6 is 0 Å². The monoisotopic (exact) mass is 279 g/mol. The van der Waals surface area contributed by atoms with E-state index in [0.29, 0.717) is 12.1 Å². The van der Waals surface area contributed by atoms with E-state index in [1.165, 1.54) is 0 Å². The van der Waals surface area contributed by atoms with Crippen LogP contribution in [0.25, 0.3) is 0 Å². The number of carbonyl (C=O) groups is 2. The Bertz CT molecular complexity index is 457. The Balaban J connectivity index is 2.48. The Hall–Kier alpha value is -2.24. The molecule has 110 valence electrons. The minimum absolute atomic E-state index is 0.119. The van der Waals surface area contributed by atoms with Crippen LogP contribution in [-0.4, -0.2) is 37.7 Å².